The number of ether oxygens (including phenoxy) is 1. The fourth-order valence-corrected chi connectivity index (χ4v) is 5.22. The van der Waals surface area contributed by atoms with Gasteiger partial charge in [-0.05, 0) is 37.8 Å². The maximum atomic E-state index is 13.6. The first-order valence-electron chi connectivity index (χ1n) is 12.6. The van der Waals surface area contributed by atoms with Gasteiger partial charge in [0.05, 0.1) is 30.9 Å². The van der Waals surface area contributed by atoms with Gasteiger partial charge in [-0.25, -0.2) is 0 Å². The molecule has 2 atom stereocenters. The number of unbranched alkanes of at least 4 members (excludes halogenated alkanes) is 1. The van der Waals surface area contributed by atoms with Gasteiger partial charge in [-0.15, -0.1) is 0 Å². The van der Waals surface area contributed by atoms with Gasteiger partial charge in [0.15, 0.2) is 0 Å². The fourth-order valence-electron chi connectivity index (χ4n) is 5.22. The lowest BCUT2D eigenvalue weighted by molar-refractivity contribution is -0.143. The number of hydrogen-bond acceptors (Lipinski definition) is 5. The lowest BCUT2D eigenvalue weighted by Crippen LogP contribution is -2.52. The minimum atomic E-state index is -0.360. The summed E-state index contributed by atoms with van der Waals surface area (Å²) in [6, 6.07) is 8.98. The highest BCUT2D eigenvalue weighted by atomic mass is 16.5. The average molecular weight is 482 g/mol. The van der Waals surface area contributed by atoms with E-state index >= 15 is 0 Å². The molecule has 4 rings (SSSR count). The molecule has 2 aromatic rings. The molecule has 3 heterocycles. The maximum absolute atomic E-state index is 13.6. The van der Waals surface area contributed by atoms with Crippen molar-refractivity contribution in [2.75, 3.05) is 26.7 Å². The van der Waals surface area contributed by atoms with Gasteiger partial charge in [-0.2, -0.15) is 0 Å². The van der Waals surface area contributed by atoms with Crippen molar-refractivity contribution < 1.29 is 23.5 Å². The Labute approximate surface area is 206 Å². The van der Waals surface area contributed by atoms with Crippen LogP contribution >= 0.6 is 0 Å². The maximum Gasteiger partial charge on any atom is 0.257 e. The standard InChI is InChI=1S/C27H35N3O5/c1-3-4-14-30-24(31)10-9-22(25(30)21-7-5-6-8-23(21)34-2)26(32)28-20-11-15-29(16-12-20)27(33)19-13-17-35-18-19/h5-8,13,17-18,20,22,25H,3-4,9-12,14-16H2,1-2H3,(H,28,32)/t22-,25+/m0/s1. The number of carbonyl (C=O) groups is 3. The molecule has 1 aromatic carbocycles. The summed E-state index contributed by atoms with van der Waals surface area (Å²) < 4.78 is 10.6. The van der Waals surface area contributed by atoms with Crippen molar-refractivity contribution in [2.24, 2.45) is 5.92 Å². The number of furan rings is 1. The number of nitrogens with zero attached hydrogens (tertiary/aromatic N) is 2. The number of hydrogen-bond donors (Lipinski definition) is 1. The monoisotopic (exact) mass is 481 g/mol. The summed E-state index contributed by atoms with van der Waals surface area (Å²) in [5, 5.41) is 3.24. The Balaban J connectivity index is 1.47. The van der Waals surface area contributed by atoms with E-state index in [9.17, 15) is 14.4 Å². The molecule has 0 aliphatic carbocycles. The fraction of sp³-hybridized carbons (Fsp3) is 0.519. The third-order valence-corrected chi connectivity index (χ3v) is 7.15. The van der Waals surface area contributed by atoms with Crippen LogP contribution in [0.2, 0.25) is 0 Å². The molecule has 8 nitrogen and oxygen atoms in total. The van der Waals surface area contributed by atoms with Crippen LogP contribution in [0.4, 0.5) is 0 Å². The van der Waals surface area contributed by atoms with Crippen molar-refractivity contribution in [3.05, 3.63) is 54.0 Å². The molecular formula is C27H35N3O5. The highest BCUT2D eigenvalue weighted by Gasteiger charge is 2.42. The lowest BCUT2D eigenvalue weighted by atomic mass is 9.82. The number of methoxy groups -OCH3 is 1. The van der Waals surface area contributed by atoms with Gasteiger partial charge in [0.2, 0.25) is 11.8 Å². The topological polar surface area (TPSA) is 92.1 Å². The normalized spacial score (nSPS) is 21.1. The van der Waals surface area contributed by atoms with Crippen LogP contribution in [0.25, 0.3) is 0 Å². The number of nitrogens with one attached hydrogen (secondary N) is 1. The number of piperidine rings is 2. The van der Waals surface area contributed by atoms with Gasteiger partial charge < -0.3 is 24.3 Å². The summed E-state index contributed by atoms with van der Waals surface area (Å²) in [4.78, 5) is 42.8. The number of rotatable bonds is 8. The van der Waals surface area contributed by atoms with Crippen LogP contribution in [-0.4, -0.2) is 60.3 Å². The van der Waals surface area contributed by atoms with Crippen LogP contribution in [0.3, 0.4) is 0 Å². The number of carbonyl (C=O) groups excluding carboxylic acids is 3. The molecule has 0 saturated carbocycles. The Bertz CT molecular complexity index is 1010. The molecule has 2 saturated heterocycles. The molecule has 2 fully saturated rings. The molecule has 3 amide bonds. The minimum Gasteiger partial charge on any atom is -0.496 e. The third kappa shape index (κ3) is 5.52. The van der Waals surface area contributed by atoms with Crippen molar-refractivity contribution in [2.45, 2.75) is 57.5 Å². The molecule has 0 spiro atoms. The summed E-state index contributed by atoms with van der Waals surface area (Å²) in [7, 11) is 1.62. The predicted octanol–water partition coefficient (Wildman–Crippen LogP) is 3.79. The highest BCUT2D eigenvalue weighted by Crippen LogP contribution is 2.41. The Kier molecular flexibility index (Phi) is 8.10. The summed E-state index contributed by atoms with van der Waals surface area (Å²) >= 11 is 0. The van der Waals surface area contributed by atoms with Crippen molar-refractivity contribution in [3.8, 4) is 5.75 Å². The Morgan fingerprint density at radius 1 is 1.14 bits per heavy atom. The molecule has 0 bridgehead atoms. The van der Waals surface area contributed by atoms with Crippen molar-refractivity contribution in [1.82, 2.24) is 15.1 Å². The molecule has 8 heteroatoms. The van der Waals surface area contributed by atoms with Crippen LogP contribution in [-0.2, 0) is 9.59 Å². The molecule has 0 radical (unpaired) electrons. The highest BCUT2D eigenvalue weighted by molar-refractivity contribution is 5.94. The van der Waals surface area contributed by atoms with E-state index in [4.69, 9.17) is 9.15 Å². The molecule has 1 N–H and O–H groups in total. The largest absolute Gasteiger partial charge is 0.496 e. The average Bonchev–Trinajstić information content (AvgIpc) is 3.43. The van der Waals surface area contributed by atoms with Gasteiger partial charge >= 0.3 is 0 Å². The van der Waals surface area contributed by atoms with Gasteiger partial charge in [0.25, 0.3) is 5.91 Å². The van der Waals surface area contributed by atoms with Crippen molar-refractivity contribution in [3.63, 3.8) is 0 Å². The second-order valence-corrected chi connectivity index (χ2v) is 9.36. The number of likely N-dealkylation sites (tertiary alicyclic amines) is 2. The van der Waals surface area contributed by atoms with Crippen LogP contribution < -0.4 is 10.1 Å². The van der Waals surface area contributed by atoms with E-state index < -0.39 is 0 Å². The zero-order valence-electron chi connectivity index (χ0n) is 20.6. The van der Waals surface area contributed by atoms with Crippen LogP contribution in [0.1, 0.15) is 67.4 Å². The summed E-state index contributed by atoms with van der Waals surface area (Å²) in [5.74, 6) is 0.347. The molecule has 2 aliphatic heterocycles. The summed E-state index contributed by atoms with van der Waals surface area (Å²) in [5.41, 5.74) is 1.42. The second kappa shape index (κ2) is 11.4. The van der Waals surface area contributed by atoms with E-state index in [1.165, 1.54) is 12.5 Å². The Morgan fingerprint density at radius 2 is 1.91 bits per heavy atom. The first-order valence-corrected chi connectivity index (χ1v) is 12.6. The van der Waals surface area contributed by atoms with Crippen LogP contribution in [0.15, 0.2) is 47.3 Å². The minimum absolute atomic E-state index is 0.00376. The number of amides is 3. The van der Waals surface area contributed by atoms with Gasteiger partial charge in [0, 0.05) is 37.7 Å². The zero-order chi connectivity index (χ0) is 24.8. The molecular weight excluding hydrogens is 446 g/mol. The van der Waals surface area contributed by atoms with E-state index in [1.54, 1.807) is 18.1 Å². The van der Waals surface area contributed by atoms with Crippen LogP contribution in [0.5, 0.6) is 5.75 Å². The summed E-state index contributed by atoms with van der Waals surface area (Å²) in [6.45, 7) is 3.88. The van der Waals surface area contributed by atoms with Crippen LogP contribution in [0, 0.1) is 5.92 Å². The molecule has 1 aromatic heterocycles. The van der Waals surface area contributed by atoms with Gasteiger partial charge in [-0.1, -0.05) is 31.5 Å². The second-order valence-electron chi connectivity index (χ2n) is 9.36. The lowest BCUT2D eigenvalue weighted by Gasteiger charge is -2.42. The SMILES string of the molecule is CCCCN1C(=O)CC[C@H](C(=O)NC2CCN(C(=O)c3ccoc3)CC2)[C@H]1c1ccccc1OC. The van der Waals surface area contributed by atoms with E-state index in [2.05, 4.69) is 12.2 Å². The van der Waals surface area contributed by atoms with Gasteiger partial charge in [0.1, 0.15) is 12.0 Å². The Morgan fingerprint density at radius 3 is 2.60 bits per heavy atom. The molecule has 0 unspecified atom stereocenters. The smallest absolute Gasteiger partial charge is 0.257 e. The number of benzene rings is 1. The Hall–Kier alpha value is -3.29. The quantitative estimate of drug-likeness (QED) is 0.619. The number of para-hydroxylation sites is 1. The van der Waals surface area contributed by atoms with E-state index in [-0.39, 0.29) is 35.7 Å². The van der Waals surface area contributed by atoms with Crippen molar-refractivity contribution in [1.29, 1.82) is 0 Å². The predicted molar refractivity (Wildman–Crippen MR) is 131 cm³/mol. The van der Waals surface area contributed by atoms with E-state index in [0.29, 0.717) is 56.6 Å². The molecule has 35 heavy (non-hydrogen) atoms. The summed E-state index contributed by atoms with van der Waals surface area (Å²) in [6.07, 6.45) is 7.07. The van der Waals surface area contributed by atoms with Gasteiger partial charge in [-0.3, -0.25) is 14.4 Å². The third-order valence-electron chi connectivity index (χ3n) is 7.15. The van der Waals surface area contributed by atoms with E-state index in [1.807, 2.05) is 29.2 Å². The van der Waals surface area contributed by atoms with E-state index in [0.717, 1.165) is 18.4 Å². The first-order chi connectivity index (χ1) is 17.0. The first kappa shape index (κ1) is 24.8. The molecule has 2 aliphatic rings. The van der Waals surface area contributed by atoms with Crippen molar-refractivity contribution >= 4 is 17.7 Å². The molecule has 188 valence electrons. The zero-order valence-corrected chi connectivity index (χ0v) is 20.6.